The van der Waals surface area contributed by atoms with E-state index in [2.05, 4.69) is 5.32 Å². The first-order valence-electron chi connectivity index (χ1n) is 9.66. The van der Waals surface area contributed by atoms with Gasteiger partial charge in [0.15, 0.2) is 0 Å². The van der Waals surface area contributed by atoms with Crippen molar-refractivity contribution in [3.8, 4) is 5.75 Å². The molecule has 7 nitrogen and oxygen atoms in total. The number of hydrogen-bond donors (Lipinski definition) is 2. The van der Waals surface area contributed by atoms with Crippen LogP contribution in [-0.4, -0.2) is 41.8 Å². The van der Waals surface area contributed by atoms with Gasteiger partial charge >= 0.3 is 0 Å². The molecule has 1 fully saturated rings. The minimum absolute atomic E-state index is 0.216. The van der Waals surface area contributed by atoms with E-state index in [1.807, 2.05) is 13.0 Å². The van der Waals surface area contributed by atoms with Crippen molar-refractivity contribution in [2.45, 2.75) is 32.7 Å². The SMILES string of the molecule is CCOc1ccccc1C(=O)N1CCCC1C(=O)Nc1ccc(C(N)=O)c(C)c1. The fourth-order valence-electron chi connectivity index (χ4n) is 3.61. The Morgan fingerprint density at radius 1 is 1.17 bits per heavy atom. The quantitative estimate of drug-likeness (QED) is 0.785. The number of anilines is 1. The molecule has 0 aliphatic carbocycles. The Hall–Kier alpha value is -3.35. The number of ether oxygens (including phenoxy) is 1. The molecule has 3 rings (SSSR count). The third kappa shape index (κ3) is 4.39. The Kier molecular flexibility index (Phi) is 6.16. The molecule has 0 bridgehead atoms. The van der Waals surface area contributed by atoms with Crippen LogP contribution in [0.2, 0.25) is 0 Å². The normalized spacial score (nSPS) is 15.8. The van der Waals surface area contributed by atoms with Crippen molar-refractivity contribution in [3.05, 3.63) is 59.2 Å². The molecule has 0 saturated carbocycles. The Labute approximate surface area is 169 Å². The zero-order chi connectivity index (χ0) is 21.0. The number of primary amides is 1. The third-order valence-corrected chi connectivity index (χ3v) is 4.99. The van der Waals surface area contributed by atoms with Gasteiger partial charge in [-0.15, -0.1) is 0 Å². The molecule has 3 amide bonds. The monoisotopic (exact) mass is 395 g/mol. The van der Waals surface area contributed by atoms with Crippen molar-refractivity contribution in [3.63, 3.8) is 0 Å². The molecule has 1 heterocycles. The summed E-state index contributed by atoms with van der Waals surface area (Å²) in [5.41, 5.74) is 7.43. The molecular formula is C22H25N3O4. The number of nitrogens with two attached hydrogens (primary N) is 1. The lowest BCUT2D eigenvalue weighted by Crippen LogP contribution is -2.43. The minimum Gasteiger partial charge on any atom is -0.493 e. The van der Waals surface area contributed by atoms with Crippen LogP contribution in [0.3, 0.4) is 0 Å². The number of nitrogens with zero attached hydrogens (tertiary/aromatic N) is 1. The summed E-state index contributed by atoms with van der Waals surface area (Å²) in [6, 6.07) is 11.4. The largest absolute Gasteiger partial charge is 0.493 e. The molecule has 3 N–H and O–H groups in total. The van der Waals surface area contributed by atoms with Gasteiger partial charge in [0.2, 0.25) is 11.8 Å². The van der Waals surface area contributed by atoms with E-state index in [4.69, 9.17) is 10.5 Å². The fraction of sp³-hybridized carbons (Fsp3) is 0.318. The number of carbonyl (C=O) groups excluding carboxylic acids is 3. The molecule has 1 aliphatic heterocycles. The van der Waals surface area contributed by atoms with Crippen LogP contribution in [0, 0.1) is 6.92 Å². The van der Waals surface area contributed by atoms with Crippen LogP contribution in [0.4, 0.5) is 5.69 Å². The van der Waals surface area contributed by atoms with Crippen LogP contribution in [-0.2, 0) is 4.79 Å². The van der Waals surface area contributed by atoms with Gasteiger partial charge in [0, 0.05) is 17.8 Å². The molecule has 1 aliphatic rings. The Balaban J connectivity index is 1.77. The second-order valence-electron chi connectivity index (χ2n) is 6.97. The predicted molar refractivity (Wildman–Crippen MR) is 110 cm³/mol. The predicted octanol–water partition coefficient (Wildman–Crippen LogP) is 2.74. The maximum Gasteiger partial charge on any atom is 0.258 e. The van der Waals surface area contributed by atoms with Crippen LogP contribution < -0.4 is 15.8 Å². The van der Waals surface area contributed by atoms with Crippen LogP contribution in [0.15, 0.2) is 42.5 Å². The molecule has 152 valence electrons. The number of nitrogens with one attached hydrogen (secondary N) is 1. The average molecular weight is 395 g/mol. The Morgan fingerprint density at radius 3 is 2.62 bits per heavy atom. The van der Waals surface area contributed by atoms with Crippen LogP contribution in [0.5, 0.6) is 5.75 Å². The van der Waals surface area contributed by atoms with E-state index in [1.54, 1.807) is 48.2 Å². The lowest BCUT2D eigenvalue weighted by Gasteiger charge is -2.25. The van der Waals surface area contributed by atoms with Crippen molar-refractivity contribution in [2.75, 3.05) is 18.5 Å². The van der Waals surface area contributed by atoms with E-state index in [0.29, 0.717) is 47.7 Å². The summed E-state index contributed by atoms with van der Waals surface area (Å²) in [6.45, 7) is 4.58. The molecule has 1 unspecified atom stereocenters. The number of benzene rings is 2. The Morgan fingerprint density at radius 2 is 1.93 bits per heavy atom. The summed E-state index contributed by atoms with van der Waals surface area (Å²) in [5.74, 6) is -0.465. The summed E-state index contributed by atoms with van der Waals surface area (Å²) in [5, 5.41) is 2.85. The van der Waals surface area contributed by atoms with Crippen molar-refractivity contribution >= 4 is 23.4 Å². The van der Waals surface area contributed by atoms with E-state index in [0.717, 1.165) is 6.42 Å². The van der Waals surface area contributed by atoms with Gasteiger partial charge < -0.3 is 20.7 Å². The van der Waals surface area contributed by atoms with Crippen molar-refractivity contribution < 1.29 is 19.1 Å². The van der Waals surface area contributed by atoms with Crippen molar-refractivity contribution in [2.24, 2.45) is 5.73 Å². The third-order valence-electron chi connectivity index (χ3n) is 4.99. The van der Waals surface area contributed by atoms with Crippen LogP contribution in [0.25, 0.3) is 0 Å². The van der Waals surface area contributed by atoms with Crippen LogP contribution in [0.1, 0.15) is 46.0 Å². The summed E-state index contributed by atoms with van der Waals surface area (Å²) in [6.07, 6.45) is 1.34. The molecule has 2 aromatic carbocycles. The highest BCUT2D eigenvalue weighted by Gasteiger charge is 2.35. The van der Waals surface area contributed by atoms with Gasteiger partial charge in [-0.1, -0.05) is 12.1 Å². The Bertz CT molecular complexity index is 941. The zero-order valence-corrected chi connectivity index (χ0v) is 16.6. The molecular weight excluding hydrogens is 370 g/mol. The van der Waals surface area contributed by atoms with E-state index in [-0.39, 0.29) is 11.8 Å². The standard InChI is InChI=1S/C22H25N3O4/c1-3-29-19-9-5-4-7-17(19)22(28)25-12-6-8-18(25)21(27)24-15-10-11-16(20(23)26)14(2)13-15/h4-5,7,9-11,13,18H,3,6,8,12H2,1-2H3,(H2,23,26)(H,24,27). The topological polar surface area (TPSA) is 102 Å². The summed E-state index contributed by atoms with van der Waals surface area (Å²) in [7, 11) is 0. The zero-order valence-electron chi connectivity index (χ0n) is 16.6. The maximum absolute atomic E-state index is 13.1. The molecule has 0 aromatic heterocycles. The highest BCUT2D eigenvalue weighted by atomic mass is 16.5. The van der Waals surface area contributed by atoms with Gasteiger partial charge in [0.1, 0.15) is 11.8 Å². The lowest BCUT2D eigenvalue weighted by atomic mass is 10.1. The number of likely N-dealkylation sites (tertiary alicyclic amines) is 1. The van der Waals surface area contributed by atoms with Crippen molar-refractivity contribution in [1.82, 2.24) is 4.90 Å². The first-order valence-corrected chi connectivity index (χ1v) is 9.66. The number of para-hydroxylation sites is 1. The number of hydrogen-bond acceptors (Lipinski definition) is 4. The van der Waals surface area contributed by atoms with E-state index >= 15 is 0 Å². The summed E-state index contributed by atoms with van der Waals surface area (Å²) >= 11 is 0. The summed E-state index contributed by atoms with van der Waals surface area (Å²) < 4.78 is 5.57. The summed E-state index contributed by atoms with van der Waals surface area (Å²) in [4.78, 5) is 38.9. The maximum atomic E-state index is 13.1. The average Bonchev–Trinajstić information content (AvgIpc) is 3.18. The first kappa shape index (κ1) is 20.4. The fourth-order valence-corrected chi connectivity index (χ4v) is 3.61. The molecule has 0 radical (unpaired) electrons. The second kappa shape index (κ2) is 8.77. The molecule has 0 spiro atoms. The molecule has 2 aromatic rings. The smallest absolute Gasteiger partial charge is 0.258 e. The van der Waals surface area contributed by atoms with Gasteiger partial charge in [-0.2, -0.15) is 0 Å². The lowest BCUT2D eigenvalue weighted by molar-refractivity contribution is -0.119. The molecule has 1 saturated heterocycles. The number of aryl methyl sites for hydroxylation is 1. The second-order valence-corrected chi connectivity index (χ2v) is 6.97. The van der Waals surface area contributed by atoms with E-state index in [1.165, 1.54) is 0 Å². The number of amides is 3. The van der Waals surface area contributed by atoms with Gasteiger partial charge in [-0.3, -0.25) is 14.4 Å². The molecule has 7 heteroatoms. The van der Waals surface area contributed by atoms with Gasteiger partial charge in [0.05, 0.1) is 12.2 Å². The highest BCUT2D eigenvalue weighted by Crippen LogP contribution is 2.26. The molecule has 1 atom stereocenters. The van der Waals surface area contributed by atoms with Gasteiger partial charge in [0.25, 0.3) is 5.91 Å². The minimum atomic E-state index is -0.562. The van der Waals surface area contributed by atoms with E-state index < -0.39 is 11.9 Å². The van der Waals surface area contributed by atoms with Gasteiger partial charge in [-0.25, -0.2) is 0 Å². The number of carbonyl (C=O) groups is 3. The van der Waals surface area contributed by atoms with Crippen LogP contribution >= 0.6 is 0 Å². The molecule has 29 heavy (non-hydrogen) atoms. The van der Waals surface area contributed by atoms with Gasteiger partial charge in [-0.05, 0) is 62.6 Å². The van der Waals surface area contributed by atoms with Crippen molar-refractivity contribution in [1.29, 1.82) is 0 Å². The number of rotatable bonds is 6. The van der Waals surface area contributed by atoms with E-state index in [9.17, 15) is 14.4 Å². The first-order chi connectivity index (χ1) is 13.9. The highest BCUT2D eigenvalue weighted by molar-refractivity contribution is 6.03.